The Balaban J connectivity index is 2.16. The van der Waals surface area contributed by atoms with Crippen LogP contribution in [-0.2, 0) is 0 Å². The van der Waals surface area contributed by atoms with Crippen LogP contribution in [0, 0.1) is 0 Å². The van der Waals surface area contributed by atoms with Gasteiger partial charge in [0.05, 0.1) is 17.7 Å². The minimum Gasteiger partial charge on any atom is -0.394 e. The molecule has 0 bridgehead atoms. The molecule has 0 atom stereocenters. The molecule has 1 fully saturated rings. The second-order valence-electron chi connectivity index (χ2n) is 5.94. The van der Waals surface area contributed by atoms with Crippen molar-refractivity contribution < 1.29 is 9.90 Å². The van der Waals surface area contributed by atoms with Crippen molar-refractivity contribution >= 4 is 11.6 Å². The minimum absolute atomic E-state index is 0.0124. The zero-order valence-electron chi connectivity index (χ0n) is 12.3. The second-order valence-corrected chi connectivity index (χ2v) is 5.94. The summed E-state index contributed by atoms with van der Waals surface area (Å²) in [5.74, 6) is -0.107. The summed E-state index contributed by atoms with van der Waals surface area (Å²) in [6.45, 7) is 4.10. The fourth-order valence-electron chi connectivity index (χ4n) is 2.80. The van der Waals surface area contributed by atoms with Gasteiger partial charge in [-0.25, -0.2) is 0 Å². The molecule has 1 aliphatic rings. The van der Waals surface area contributed by atoms with Crippen molar-refractivity contribution in [3.63, 3.8) is 0 Å². The van der Waals surface area contributed by atoms with E-state index in [-0.39, 0.29) is 18.6 Å². The van der Waals surface area contributed by atoms with E-state index in [4.69, 9.17) is 0 Å². The van der Waals surface area contributed by atoms with Crippen LogP contribution in [0.4, 0.5) is 5.69 Å². The van der Waals surface area contributed by atoms with Crippen molar-refractivity contribution in [2.45, 2.75) is 51.1 Å². The van der Waals surface area contributed by atoms with Crippen LogP contribution in [0.15, 0.2) is 24.3 Å². The topological polar surface area (TPSA) is 61.4 Å². The lowest BCUT2D eigenvalue weighted by Crippen LogP contribution is -2.49. The van der Waals surface area contributed by atoms with Crippen molar-refractivity contribution in [3.8, 4) is 0 Å². The Morgan fingerprint density at radius 2 is 1.95 bits per heavy atom. The third kappa shape index (κ3) is 3.31. The lowest BCUT2D eigenvalue weighted by atomic mass is 9.98. The predicted molar refractivity (Wildman–Crippen MR) is 81.0 cm³/mol. The van der Waals surface area contributed by atoms with Crippen molar-refractivity contribution in [1.82, 2.24) is 5.32 Å². The number of hydrogen-bond donors (Lipinski definition) is 3. The molecule has 0 heterocycles. The van der Waals surface area contributed by atoms with Gasteiger partial charge in [-0.2, -0.15) is 0 Å². The molecule has 1 aliphatic carbocycles. The van der Waals surface area contributed by atoms with Crippen molar-refractivity contribution in [2.75, 3.05) is 11.9 Å². The van der Waals surface area contributed by atoms with E-state index >= 15 is 0 Å². The Kier molecular flexibility index (Phi) is 4.65. The summed E-state index contributed by atoms with van der Waals surface area (Å²) in [5, 5.41) is 15.9. The van der Waals surface area contributed by atoms with E-state index in [1.807, 2.05) is 38.1 Å². The first-order valence-electron chi connectivity index (χ1n) is 7.35. The number of para-hydroxylation sites is 1. The molecular weight excluding hydrogens is 252 g/mol. The zero-order valence-corrected chi connectivity index (χ0v) is 12.3. The zero-order chi connectivity index (χ0) is 14.6. The van der Waals surface area contributed by atoms with E-state index in [9.17, 15) is 9.90 Å². The maximum Gasteiger partial charge on any atom is 0.253 e. The van der Waals surface area contributed by atoms with E-state index in [0.717, 1.165) is 31.4 Å². The fraction of sp³-hybridized carbons (Fsp3) is 0.562. The van der Waals surface area contributed by atoms with Gasteiger partial charge in [0.1, 0.15) is 0 Å². The van der Waals surface area contributed by atoms with E-state index < -0.39 is 5.54 Å². The van der Waals surface area contributed by atoms with Crippen LogP contribution >= 0.6 is 0 Å². The molecule has 0 aromatic heterocycles. The highest BCUT2D eigenvalue weighted by molar-refractivity contribution is 6.00. The average molecular weight is 276 g/mol. The fourth-order valence-corrected chi connectivity index (χ4v) is 2.80. The van der Waals surface area contributed by atoms with Gasteiger partial charge in [0.15, 0.2) is 0 Å². The van der Waals surface area contributed by atoms with Crippen LogP contribution in [0.2, 0.25) is 0 Å². The summed E-state index contributed by atoms with van der Waals surface area (Å²) in [6.07, 6.45) is 3.84. The number of anilines is 1. The predicted octanol–water partition coefficient (Wildman–Crippen LogP) is 2.54. The lowest BCUT2D eigenvalue weighted by molar-refractivity contribution is 0.0839. The number of aliphatic hydroxyl groups excluding tert-OH is 1. The van der Waals surface area contributed by atoms with Crippen LogP contribution in [-0.4, -0.2) is 29.2 Å². The third-order valence-electron chi connectivity index (χ3n) is 3.86. The summed E-state index contributed by atoms with van der Waals surface area (Å²) in [6, 6.07) is 7.77. The molecule has 1 amide bonds. The van der Waals surface area contributed by atoms with Gasteiger partial charge < -0.3 is 15.7 Å². The largest absolute Gasteiger partial charge is 0.394 e. The molecule has 4 heteroatoms. The first-order valence-corrected chi connectivity index (χ1v) is 7.35. The summed E-state index contributed by atoms with van der Waals surface area (Å²) >= 11 is 0. The molecule has 0 aliphatic heterocycles. The number of rotatable bonds is 5. The highest BCUT2D eigenvalue weighted by Crippen LogP contribution is 2.30. The molecule has 0 spiro atoms. The van der Waals surface area contributed by atoms with Gasteiger partial charge in [0.25, 0.3) is 5.91 Å². The van der Waals surface area contributed by atoms with Crippen LogP contribution in [0.25, 0.3) is 0 Å². The van der Waals surface area contributed by atoms with Gasteiger partial charge in [-0.1, -0.05) is 25.0 Å². The van der Waals surface area contributed by atoms with Gasteiger partial charge in [-0.3, -0.25) is 4.79 Å². The average Bonchev–Trinajstić information content (AvgIpc) is 2.87. The van der Waals surface area contributed by atoms with E-state index in [1.165, 1.54) is 0 Å². The molecule has 2 rings (SSSR count). The minimum atomic E-state index is -0.429. The van der Waals surface area contributed by atoms with E-state index in [2.05, 4.69) is 10.6 Å². The maximum atomic E-state index is 12.5. The van der Waals surface area contributed by atoms with Gasteiger partial charge in [0, 0.05) is 11.7 Å². The first kappa shape index (κ1) is 14.9. The highest BCUT2D eigenvalue weighted by atomic mass is 16.3. The molecule has 3 N–H and O–H groups in total. The third-order valence-corrected chi connectivity index (χ3v) is 3.86. The quantitative estimate of drug-likeness (QED) is 0.774. The number of nitrogens with one attached hydrogen (secondary N) is 2. The molecular formula is C16H24N2O2. The molecule has 20 heavy (non-hydrogen) atoms. The van der Waals surface area contributed by atoms with Gasteiger partial charge in [0.2, 0.25) is 0 Å². The maximum absolute atomic E-state index is 12.5. The second kappa shape index (κ2) is 6.27. The lowest BCUT2D eigenvalue weighted by Gasteiger charge is -2.28. The van der Waals surface area contributed by atoms with Crippen LogP contribution in [0.1, 0.15) is 49.9 Å². The molecule has 0 radical (unpaired) electrons. The number of aliphatic hydroxyl groups is 1. The Bertz CT molecular complexity index is 465. The Hall–Kier alpha value is -1.55. The first-order chi connectivity index (χ1) is 9.56. The van der Waals surface area contributed by atoms with Crippen LogP contribution < -0.4 is 10.6 Å². The summed E-state index contributed by atoms with van der Waals surface area (Å²) in [5.41, 5.74) is 1.05. The number of amides is 1. The van der Waals surface area contributed by atoms with E-state index in [1.54, 1.807) is 0 Å². The molecule has 0 unspecified atom stereocenters. The summed E-state index contributed by atoms with van der Waals surface area (Å²) in [4.78, 5) is 12.5. The van der Waals surface area contributed by atoms with Gasteiger partial charge >= 0.3 is 0 Å². The summed E-state index contributed by atoms with van der Waals surface area (Å²) in [7, 11) is 0. The monoisotopic (exact) mass is 276 g/mol. The summed E-state index contributed by atoms with van der Waals surface area (Å²) < 4.78 is 0. The molecule has 4 nitrogen and oxygen atoms in total. The van der Waals surface area contributed by atoms with Crippen LogP contribution in [0.3, 0.4) is 0 Å². The van der Waals surface area contributed by atoms with Gasteiger partial charge in [-0.05, 0) is 38.8 Å². The normalized spacial score (nSPS) is 17.2. The number of benzene rings is 1. The van der Waals surface area contributed by atoms with Crippen molar-refractivity contribution in [3.05, 3.63) is 29.8 Å². The molecule has 1 aromatic carbocycles. The Morgan fingerprint density at radius 1 is 1.30 bits per heavy atom. The van der Waals surface area contributed by atoms with E-state index in [0.29, 0.717) is 5.56 Å². The van der Waals surface area contributed by atoms with Crippen LogP contribution in [0.5, 0.6) is 0 Å². The molecule has 0 saturated heterocycles. The van der Waals surface area contributed by atoms with Crippen molar-refractivity contribution in [1.29, 1.82) is 0 Å². The number of hydrogen-bond acceptors (Lipinski definition) is 3. The Morgan fingerprint density at radius 3 is 2.55 bits per heavy atom. The Labute approximate surface area is 120 Å². The number of carbonyl (C=O) groups is 1. The highest BCUT2D eigenvalue weighted by Gasteiger charge is 2.35. The smallest absolute Gasteiger partial charge is 0.253 e. The molecule has 1 saturated carbocycles. The van der Waals surface area contributed by atoms with Gasteiger partial charge in [-0.15, -0.1) is 0 Å². The molecule has 1 aromatic rings. The van der Waals surface area contributed by atoms with Crippen molar-refractivity contribution in [2.24, 2.45) is 0 Å². The standard InChI is InChI=1S/C16H24N2O2/c1-12(2)17-14-8-4-3-7-13(14)15(20)18-16(11-19)9-5-6-10-16/h3-4,7-8,12,17,19H,5-6,9-11H2,1-2H3,(H,18,20). The number of carbonyl (C=O) groups excluding carboxylic acids is 1. The SMILES string of the molecule is CC(C)Nc1ccccc1C(=O)NC1(CO)CCCC1. The molecule has 110 valence electrons.